The van der Waals surface area contributed by atoms with Crippen LogP contribution in [0.15, 0.2) is 24.3 Å². The van der Waals surface area contributed by atoms with Gasteiger partial charge in [-0.3, -0.25) is 4.79 Å². The number of halogens is 3. The van der Waals surface area contributed by atoms with E-state index in [0.29, 0.717) is 18.7 Å². The Morgan fingerprint density at radius 1 is 1.32 bits per heavy atom. The van der Waals surface area contributed by atoms with Crippen LogP contribution in [0.2, 0.25) is 0 Å². The number of likely N-dealkylation sites (tertiary alicyclic amines) is 1. The Kier molecular flexibility index (Phi) is 3.66. The molecule has 0 aliphatic carbocycles. The van der Waals surface area contributed by atoms with E-state index < -0.39 is 6.36 Å². The summed E-state index contributed by atoms with van der Waals surface area (Å²) >= 11 is 0. The first kappa shape index (κ1) is 13.7. The van der Waals surface area contributed by atoms with E-state index in [1.54, 1.807) is 4.90 Å². The highest BCUT2D eigenvalue weighted by Crippen LogP contribution is 2.23. The summed E-state index contributed by atoms with van der Waals surface area (Å²) in [7, 11) is 0. The average Bonchev–Trinajstić information content (AvgIpc) is 2.74. The second-order valence-electron chi connectivity index (χ2n) is 4.37. The highest BCUT2D eigenvalue weighted by atomic mass is 19.4. The standard InChI is InChI=1S/C12H13F3N2O2/c13-12(14,15)19-10-3-1-8(2-4-10)11(18)17-6-5-9(16)7-17/h1-4,9H,5-7,16H2/t9-/m1/s1. The van der Waals surface area contributed by atoms with E-state index >= 15 is 0 Å². The van der Waals surface area contributed by atoms with Crippen molar-refractivity contribution in [2.45, 2.75) is 18.8 Å². The van der Waals surface area contributed by atoms with E-state index in [2.05, 4.69) is 4.74 Å². The van der Waals surface area contributed by atoms with Gasteiger partial charge in [0.1, 0.15) is 5.75 Å². The Hall–Kier alpha value is -1.76. The van der Waals surface area contributed by atoms with Crippen LogP contribution in [0.3, 0.4) is 0 Å². The lowest BCUT2D eigenvalue weighted by molar-refractivity contribution is -0.274. The Morgan fingerprint density at radius 2 is 1.95 bits per heavy atom. The van der Waals surface area contributed by atoms with Crippen LogP contribution in [0.5, 0.6) is 5.75 Å². The molecule has 4 nitrogen and oxygen atoms in total. The predicted molar refractivity (Wildman–Crippen MR) is 61.6 cm³/mol. The van der Waals surface area contributed by atoms with Crippen molar-refractivity contribution < 1.29 is 22.7 Å². The molecule has 1 amide bonds. The number of carbonyl (C=O) groups is 1. The fraction of sp³-hybridized carbons (Fsp3) is 0.417. The van der Waals surface area contributed by atoms with Crippen LogP contribution in [-0.4, -0.2) is 36.3 Å². The minimum absolute atomic E-state index is 0.0308. The van der Waals surface area contributed by atoms with Gasteiger partial charge in [0, 0.05) is 24.7 Å². The first-order chi connectivity index (χ1) is 8.85. The largest absolute Gasteiger partial charge is 0.573 e. The molecule has 2 rings (SSSR count). The Bertz CT molecular complexity index is 459. The zero-order valence-corrected chi connectivity index (χ0v) is 9.98. The van der Waals surface area contributed by atoms with Gasteiger partial charge in [-0.2, -0.15) is 0 Å². The summed E-state index contributed by atoms with van der Waals surface area (Å²) in [6.07, 6.45) is -3.99. The van der Waals surface area contributed by atoms with Gasteiger partial charge >= 0.3 is 6.36 Å². The molecule has 0 bridgehead atoms. The van der Waals surface area contributed by atoms with Gasteiger partial charge in [-0.25, -0.2) is 0 Å². The number of nitrogens with zero attached hydrogens (tertiary/aromatic N) is 1. The van der Waals surface area contributed by atoms with Crippen molar-refractivity contribution in [3.05, 3.63) is 29.8 Å². The van der Waals surface area contributed by atoms with Gasteiger partial charge in [0.25, 0.3) is 5.91 Å². The van der Waals surface area contributed by atoms with Gasteiger partial charge in [0.05, 0.1) is 0 Å². The number of hydrogen-bond acceptors (Lipinski definition) is 3. The summed E-state index contributed by atoms with van der Waals surface area (Å²) in [4.78, 5) is 13.6. The van der Waals surface area contributed by atoms with E-state index in [1.807, 2.05) is 0 Å². The predicted octanol–water partition coefficient (Wildman–Crippen LogP) is 1.76. The van der Waals surface area contributed by atoms with Gasteiger partial charge in [-0.15, -0.1) is 13.2 Å². The first-order valence-electron chi connectivity index (χ1n) is 5.76. The molecule has 0 saturated carbocycles. The lowest BCUT2D eigenvalue weighted by Gasteiger charge is -2.16. The normalized spacial score (nSPS) is 19.6. The van der Waals surface area contributed by atoms with Crippen LogP contribution >= 0.6 is 0 Å². The maximum absolute atomic E-state index is 12.0. The molecule has 1 atom stereocenters. The highest BCUT2D eigenvalue weighted by Gasteiger charge is 2.31. The smallest absolute Gasteiger partial charge is 0.406 e. The molecule has 1 fully saturated rings. The number of benzene rings is 1. The lowest BCUT2D eigenvalue weighted by atomic mass is 10.2. The minimum atomic E-state index is -4.73. The van der Waals surface area contributed by atoms with Crippen LogP contribution in [0.25, 0.3) is 0 Å². The molecule has 1 saturated heterocycles. The van der Waals surface area contributed by atoms with Crippen LogP contribution in [0, 0.1) is 0 Å². The topological polar surface area (TPSA) is 55.6 Å². The third kappa shape index (κ3) is 3.60. The fourth-order valence-corrected chi connectivity index (χ4v) is 1.95. The summed E-state index contributed by atoms with van der Waals surface area (Å²) < 4.78 is 39.7. The van der Waals surface area contributed by atoms with E-state index in [1.165, 1.54) is 12.1 Å². The van der Waals surface area contributed by atoms with Gasteiger partial charge < -0.3 is 15.4 Å². The molecule has 1 aliphatic heterocycles. The Morgan fingerprint density at radius 3 is 2.42 bits per heavy atom. The van der Waals surface area contributed by atoms with E-state index in [-0.39, 0.29) is 17.7 Å². The van der Waals surface area contributed by atoms with Gasteiger partial charge in [-0.05, 0) is 30.7 Å². The van der Waals surface area contributed by atoms with Crippen molar-refractivity contribution in [3.63, 3.8) is 0 Å². The summed E-state index contributed by atoms with van der Waals surface area (Å²) in [6.45, 7) is 1.04. The molecule has 19 heavy (non-hydrogen) atoms. The quantitative estimate of drug-likeness (QED) is 0.894. The van der Waals surface area contributed by atoms with Gasteiger partial charge in [0.2, 0.25) is 0 Å². The Balaban J connectivity index is 2.04. The molecule has 2 N–H and O–H groups in total. The Labute approximate surface area is 107 Å². The summed E-state index contributed by atoms with van der Waals surface area (Å²) in [5.41, 5.74) is 6.02. The van der Waals surface area contributed by atoms with E-state index in [9.17, 15) is 18.0 Å². The number of carbonyl (C=O) groups excluding carboxylic acids is 1. The molecule has 0 unspecified atom stereocenters. The fourth-order valence-electron chi connectivity index (χ4n) is 1.95. The average molecular weight is 274 g/mol. The molecule has 0 radical (unpaired) electrons. The minimum Gasteiger partial charge on any atom is -0.406 e. The molecule has 104 valence electrons. The number of ether oxygens (including phenoxy) is 1. The zero-order valence-electron chi connectivity index (χ0n) is 9.98. The number of rotatable bonds is 2. The summed E-state index contributed by atoms with van der Waals surface area (Å²) in [5, 5.41) is 0. The number of hydrogen-bond donors (Lipinski definition) is 1. The SMILES string of the molecule is N[C@@H]1CCN(C(=O)c2ccc(OC(F)(F)F)cc2)C1. The third-order valence-electron chi connectivity index (χ3n) is 2.85. The van der Waals surface area contributed by atoms with Gasteiger partial charge in [-0.1, -0.05) is 0 Å². The molecule has 1 aliphatic rings. The van der Waals surface area contributed by atoms with Gasteiger partial charge in [0.15, 0.2) is 0 Å². The van der Waals surface area contributed by atoms with Crippen LogP contribution in [0.1, 0.15) is 16.8 Å². The second-order valence-corrected chi connectivity index (χ2v) is 4.37. The number of amides is 1. The van der Waals surface area contributed by atoms with Crippen molar-refractivity contribution >= 4 is 5.91 Å². The van der Waals surface area contributed by atoms with Crippen molar-refractivity contribution in [1.29, 1.82) is 0 Å². The monoisotopic (exact) mass is 274 g/mol. The maximum atomic E-state index is 12.0. The molecule has 1 heterocycles. The molecular formula is C12H13F3N2O2. The van der Waals surface area contributed by atoms with Crippen LogP contribution in [-0.2, 0) is 0 Å². The number of nitrogens with two attached hydrogens (primary N) is 1. The summed E-state index contributed by atoms with van der Waals surface area (Å²) in [6, 6.07) is 4.84. The van der Waals surface area contributed by atoms with Crippen molar-refractivity contribution in [2.24, 2.45) is 5.73 Å². The van der Waals surface area contributed by atoms with Crippen LogP contribution < -0.4 is 10.5 Å². The maximum Gasteiger partial charge on any atom is 0.573 e. The van der Waals surface area contributed by atoms with Crippen molar-refractivity contribution in [2.75, 3.05) is 13.1 Å². The second kappa shape index (κ2) is 5.08. The first-order valence-corrected chi connectivity index (χ1v) is 5.76. The van der Waals surface area contributed by atoms with E-state index in [0.717, 1.165) is 18.6 Å². The zero-order chi connectivity index (χ0) is 14.0. The van der Waals surface area contributed by atoms with E-state index in [4.69, 9.17) is 5.73 Å². The molecule has 1 aromatic carbocycles. The molecule has 7 heteroatoms. The summed E-state index contributed by atoms with van der Waals surface area (Å²) in [5.74, 6) is -0.575. The van der Waals surface area contributed by atoms with Crippen molar-refractivity contribution in [1.82, 2.24) is 4.90 Å². The highest BCUT2D eigenvalue weighted by molar-refractivity contribution is 5.94. The molecule has 1 aromatic rings. The number of alkyl halides is 3. The molecule has 0 spiro atoms. The third-order valence-corrected chi connectivity index (χ3v) is 2.85. The molecule has 0 aromatic heterocycles. The molecular weight excluding hydrogens is 261 g/mol. The van der Waals surface area contributed by atoms with Crippen molar-refractivity contribution in [3.8, 4) is 5.75 Å². The lowest BCUT2D eigenvalue weighted by Crippen LogP contribution is -2.31. The van der Waals surface area contributed by atoms with Crippen LogP contribution in [0.4, 0.5) is 13.2 Å².